The molecule has 0 spiro atoms. The van der Waals surface area contributed by atoms with Gasteiger partial charge in [0, 0.05) is 13.1 Å². The van der Waals surface area contributed by atoms with E-state index in [1.165, 1.54) is 0 Å². The molecule has 0 unspecified atom stereocenters. The molecule has 8 amide bonds. The maximum Gasteiger partial charge on any atom is 0.252 e. The molecule has 3 heterocycles. The van der Waals surface area contributed by atoms with Gasteiger partial charge in [-0.15, -0.1) is 0 Å². The average Bonchev–Trinajstić information content (AvgIpc) is 3.27. The summed E-state index contributed by atoms with van der Waals surface area (Å²) in [5.41, 5.74) is 11.6. The Morgan fingerprint density at radius 3 is 1.12 bits per heavy atom. The van der Waals surface area contributed by atoms with E-state index < -0.39 is 132 Å². The molecule has 14 N–H and O–H groups in total. The van der Waals surface area contributed by atoms with Gasteiger partial charge in [-0.1, -0.05) is 55.4 Å². The van der Waals surface area contributed by atoms with Gasteiger partial charge in [-0.05, 0) is 101 Å². The fourth-order valence-electron chi connectivity index (χ4n) is 8.39. The summed E-state index contributed by atoms with van der Waals surface area (Å²) in [6.45, 7) is 14.5. The summed E-state index contributed by atoms with van der Waals surface area (Å²) in [5, 5.41) is 43.8. The van der Waals surface area contributed by atoms with Crippen molar-refractivity contribution in [2.75, 3.05) is 26.2 Å². The molecule has 0 aromatic heterocycles. The van der Waals surface area contributed by atoms with Gasteiger partial charge in [-0.3, -0.25) is 38.4 Å². The van der Waals surface area contributed by atoms with Crippen LogP contribution in [0.5, 0.6) is 0 Å². The average molecular weight is 967 g/mol. The second-order valence-electron chi connectivity index (χ2n) is 20.0. The number of amides is 8. The number of aliphatic hydroxyl groups excluding tert-OH is 2. The second-order valence-corrected chi connectivity index (χ2v) is 20.0. The minimum Gasteiger partial charge on any atom is -0.390 e. The normalized spacial score (nSPS) is 31.8. The molecule has 388 valence electrons. The largest absolute Gasteiger partial charge is 0.390 e. The number of aliphatic hydroxyl groups is 2. The summed E-state index contributed by atoms with van der Waals surface area (Å²) in [4.78, 5) is 111. The van der Waals surface area contributed by atoms with Crippen LogP contribution in [0.2, 0.25) is 0 Å². The molecule has 22 nitrogen and oxygen atoms in total. The summed E-state index contributed by atoms with van der Waals surface area (Å²) in [6.07, 6.45) is -4.69. The topological polar surface area (TPSA) is 344 Å². The molecule has 0 saturated carbocycles. The van der Waals surface area contributed by atoms with Gasteiger partial charge < -0.3 is 73.7 Å². The predicted molar refractivity (Wildman–Crippen MR) is 251 cm³/mol. The Kier molecular flexibility index (Phi) is 24.0. The van der Waals surface area contributed by atoms with E-state index in [9.17, 15) is 48.6 Å². The molecule has 0 aliphatic carbocycles. The smallest absolute Gasteiger partial charge is 0.252 e. The molecule has 22 heteroatoms. The minimum absolute atomic E-state index is 0.0629. The van der Waals surface area contributed by atoms with Gasteiger partial charge in [0.15, 0.2) is 12.2 Å². The van der Waals surface area contributed by atoms with Crippen molar-refractivity contribution >= 4 is 47.3 Å². The van der Waals surface area contributed by atoms with Crippen LogP contribution in [-0.2, 0) is 47.8 Å². The van der Waals surface area contributed by atoms with E-state index in [0.29, 0.717) is 12.8 Å². The van der Waals surface area contributed by atoms with Crippen molar-refractivity contribution in [1.29, 1.82) is 0 Å². The molecule has 12 atom stereocenters. The maximum atomic E-state index is 13.9. The summed E-state index contributed by atoms with van der Waals surface area (Å²) in [6, 6.07) is -6.79. The first-order chi connectivity index (χ1) is 32.1. The van der Waals surface area contributed by atoms with E-state index in [1.807, 2.05) is 27.7 Å². The maximum absolute atomic E-state index is 13.9. The molecule has 3 rings (SSSR count). The summed E-state index contributed by atoms with van der Waals surface area (Å²) < 4.78 is 12.0. The zero-order chi connectivity index (χ0) is 50.8. The molecule has 3 aliphatic heterocycles. The molecule has 3 fully saturated rings. The number of hydrogen-bond donors (Lipinski definition) is 12. The molecular weight excluding hydrogens is 885 g/mol. The summed E-state index contributed by atoms with van der Waals surface area (Å²) in [7, 11) is 0. The standard InChI is InChI=1S/C46H82N10O12/c1-23(2)19-31-39(59)49-21-27-13-15-33(57)37(67-27)45(65)56-36(26(7)8)44(64)52-30(12-10-18-48)42(62)54-32(20-24(3)4)40(60)50-22-28-14-16-34(58)38(68-28)46(66)55-35(25(5)6)43(63)51-29(11-9-17-47)41(61)53-31/h23-38,57-58H,9-22,47-48H2,1-8H3,(H,49,59)(H,50,60)(H,51,63)(H,52,64)(H,53,61)(H,54,62)(H,55,66)(H,56,65)/t27-,28-,29+,30+,31-,32+,33+,34+,35+,36+,37+,38+/m1/s1. The first-order valence-corrected chi connectivity index (χ1v) is 24.5. The molecule has 4 bridgehead atoms. The number of hydrogen-bond acceptors (Lipinski definition) is 14. The van der Waals surface area contributed by atoms with Crippen molar-refractivity contribution in [2.45, 2.75) is 192 Å². The van der Waals surface area contributed by atoms with Crippen LogP contribution in [0.25, 0.3) is 0 Å². The third kappa shape index (κ3) is 18.1. The van der Waals surface area contributed by atoms with Crippen molar-refractivity contribution in [1.82, 2.24) is 42.5 Å². The highest BCUT2D eigenvalue weighted by Gasteiger charge is 2.41. The lowest BCUT2D eigenvalue weighted by atomic mass is 9.97. The Hall–Kier alpha value is -4.48. The van der Waals surface area contributed by atoms with Gasteiger partial charge in [0.25, 0.3) is 11.8 Å². The Bertz CT molecular complexity index is 1580. The molecule has 68 heavy (non-hydrogen) atoms. The number of carbonyl (C=O) groups is 8. The lowest BCUT2D eigenvalue weighted by Crippen LogP contribution is -2.61. The Morgan fingerprint density at radius 1 is 0.471 bits per heavy atom. The lowest BCUT2D eigenvalue weighted by molar-refractivity contribution is -0.160. The first-order valence-electron chi connectivity index (χ1n) is 24.5. The van der Waals surface area contributed by atoms with Crippen LogP contribution >= 0.6 is 0 Å². The molecule has 0 aromatic rings. The second kappa shape index (κ2) is 28.3. The van der Waals surface area contributed by atoms with Crippen molar-refractivity contribution in [3.05, 3.63) is 0 Å². The van der Waals surface area contributed by atoms with Crippen molar-refractivity contribution in [2.24, 2.45) is 35.1 Å². The zero-order valence-corrected chi connectivity index (χ0v) is 41.3. The summed E-state index contributed by atoms with van der Waals surface area (Å²) in [5.74, 6) is -6.49. The van der Waals surface area contributed by atoms with Crippen LogP contribution in [0.3, 0.4) is 0 Å². The SMILES string of the molecule is CC(C)C[C@@H]1NC(=O)[C@H](CCCN)NC(=O)[C@H](C(C)C)NC(=O)[C@H]2O[C@H](CC[C@@H]2O)CNC(=O)[C@@H](CC(C)C)NC(=O)[C@H](CCCN)NC(=O)[C@H](C(C)C)NC(=O)[C@H]2O[C@H](CC[C@@H]2O)CNC1=O. The van der Waals surface area contributed by atoms with E-state index >= 15 is 0 Å². The van der Waals surface area contributed by atoms with Crippen LogP contribution in [-0.4, -0.2) is 157 Å². The Labute approximate surface area is 400 Å². The van der Waals surface area contributed by atoms with E-state index in [4.69, 9.17) is 20.9 Å². The van der Waals surface area contributed by atoms with Gasteiger partial charge in [-0.25, -0.2) is 0 Å². The quantitative estimate of drug-likeness (QED) is 0.0992. The molecular formula is C46H82N10O12. The van der Waals surface area contributed by atoms with Crippen LogP contribution in [0.4, 0.5) is 0 Å². The van der Waals surface area contributed by atoms with Crippen molar-refractivity contribution in [3.8, 4) is 0 Å². The first kappa shape index (κ1) is 57.8. The highest BCUT2D eigenvalue weighted by molar-refractivity contribution is 5.96. The van der Waals surface area contributed by atoms with Gasteiger partial charge in [0.2, 0.25) is 35.4 Å². The van der Waals surface area contributed by atoms with Crippen LogP contribution in [0.1, 0.15) is 120 Å². The molecule has 0 radical (unpaired) electrons. The van der Waals surface area contributed by atoms with Gasteiger partial charge in [0.05, 0.1) is 24.4 Å². The highest BCUT2D eigenvalue weighted by atomic mass is 16.5. The van der Waals surface area contributed by atoms with E-state index in [-0.39, 0.29) is 89.4 Å². The molecule has 3 aliphatic rings. The number of nitrogens with two attached hydrogens (primary N) is 2. The number of rotatable bonds is 12. The predicted octanol–water partition coefficient (Wildman–Crippen LogP) is -2.16. The third-order valence-electron chi connectivity index (χ3n) is 12.3. The van der Waals surface area contributed by atoms with E-state index in [2.05, 4.69) is 42.5 Å². The third-order valence-corrected chi connectivity index (χ3v) is 12.3. The van der Waals surface area contributed by atoms with E-state index in [0.717, 1.165) is 0 Å². The fraction of sp³-hybridized carbons (Fsp3) is 0.826. The minimum atomic E-state index is -1.42. The lowest BCUT2D eigenvalue weighted by Gasteiger charge is -2.35. The highest BCUT2D eigenvalue weighted by Crippen LogP contribution is 2.22. The van der Waals surface area contributed by atoms with Crippen LogP contribution in [0, 0.1) is 23.7 Å². The van der Waals surface area contributed by atoms with E-state index in [1.54, 1.807) is 27.7 Å². The zero-order valence-electron chi connectivity index (χ0n) is 41.3. The molecule has 3 saturated heterocycles. The van der Waals surface area contributed by atoms with Gasteiger partial charge in [-0.2, -0.15) is 0 Å². The van der Waals surface area contributed by atoms with Crippen LogP contribution in [0.15, 0.2) is 0 Å². The van der Waals surface area contributed by atoms with Gasteiger partial charge >= 0.3 is 0 Å². The van der Waals surface area contributed by atoms with Gasteiger partial charge in [0.1, 0.15) is 36.3 Å². The Balaban J connectivity index is 2.01. The van der Waals surface area contributed by atoms with Crippen LogP contribution < -0.4 is 54.0 Å². The fourth-order valence-corrected chi connectivity index (χ4v) is 8.39. The van der Waals surface area contributed by atoms with Crippen molar-refractivity contribution < 1.29 is 58.0 Å². The number of carbonyl (C=O) groups excluding carboxylic acids is 8. The van der Waals surface area contributed by atoms with Crippen molar-refractivity contribution in [3.63, 3.8) is 0 Å². The number of ether oxygens (including phenoxy) is 2. The number of nitrogens with one attached hydrogen (secondary N) is 8. The Morgan fingerprint density at radius 2 is 0.809 bits per heavy atom. The summed E-state index contributed by atoms with van der Waals surface area (Å²) >= 11 is 0. The monoisotopic (exact) mass is 967 g/mol. The number of fused-ring (bicyclic) bond motifs is 4. The molecule has 0 aromatic carbocycles.